The minimum absolute atomic E-state index is 0.141. The van der Waals surface area contributed by atoms with Crippen LogP contribution in [-0.2, 0) is 6.42 Å². The Morgan fingerprint density at radius 1 is 1.31 bits per heavy atom. The lowest BCUT2D eigenvalue weighted by molar-refractivity contribution is 0.180. The van der Waals surface area contributed by atoms with E-state index in [1.54, 1.807) is 0 Å². The van der Waals surface area contributed by atoms with Gasteiger partial charge in [0.05, 0.1) is 6.61 Å². The van der Waals surface area contributed by atoms with Gasteiger partial charge < -0.3 is 9.84 Å². The van der Waals surface area contributed by atoms with Crippen molar-refractivity contribution in [1.82, 2.24) is 0 Å². The number of hydrogen-bond donors (Lipinski definition) is 1. The highest BCUT2D eigenvalue weighted by Crippen LogP contribution is 2.28. The van der Waals surface area contributed by atoms with E-state index in [0.717, 1.165) is 23.8 Å². The molecule has 0 atom stereocenters. The topological polar surface area (TPSA) is 29.5 Å². The molecule has 1 aliphatic rings. The van der Waals surface area contributed by atoms with Crippen LogP contribution in [0.15, 0.2) is 18.2 Å². The van der Waals surface area contributed by atoms with Crippen LogP contribution >= 0.6 is 11.6 Å². The average molecular weight is 241 g/mol. The monoisotopic (exact) mass is 240 g/mol. The molecule has 0 radical (unpaired) electrons. The van der Waals surface area contributed by atoms with Crippen LogP contribution < -0.4 is 4.74 Å². The summed E-state index contributed by atoms with van der Waals surface area (Å²) in [5.74, 6) is 1.54. The number of aliphatic hydroxyl groups excluding tert-OH is 1. The van der Waals surface area contributed by atoms with Gasteiger partial charge in [0.2, 0.25) is 0 Å². The van der Waals surface area contributed by atoms with Crippen LogP contribution in [0, 0.1) is 5.92 Å². The van der Waals surface area contributed by atoms with Gasteiger partial charge in [-0.15, -0.1) is 0 Å². The van der Waals surface area contributed by atoms with Gasteiger partial charge in [0.15, 0.2) is 0 Å². The molecule has 2 nitrogen and oxygen atoms in total. The Bertz CT molecular complexity index is 348. The zero-order chi connectivity index (χ0) is 11.4. The lowest BCUT2D eigenvalue weighted by Crippen LogP contribution is -2.19. The highest BCUT2D eigenvalue weighted by atomic mass is 35.5. The number of benzene rings is 1. The summed E-state index contributed by atoms with van der Waals surface area (Å²) < 4.78 is 5.71. The van der Waals surface area contributed by atoms with Crippen molar-refractivity contribution in [3.63, 3.8) is 0 Å². The van der Waals surface area contributed by atoms with Crippen LogP contribution in [0.2, 0.25) is 5.02 Å². The molecule has 3 heteroatoms. The molecule has 0 bridgehead atoms. The van der Waals surface area contributed by atoms with E-state index in [1.807, 2.05) is 18.2 Å². The minimum atomic E-state index is 0.141. The van der Waals surface area contributed by atoms with E-state index in [1.165, 1.54) is 19.3 Å². The van der Waals surface area contributed by atoms with E-state index < -0.39 is 0 Å². The van der Waals surface area contributed by atoms with E-state index >= 15 is 0 Å². The van der Waals surface area contributed by atoms with Gasteiger partial charge in [0.25, 0.3) is 0 Å². The quantitative estimate of drug-likeness (QED) is 0.857. The summed E-state index contributed by atoms with van der Waals surface area (Å²) in [5, 5.41) is 9.56. The summed E-state index contributed by atoms with van der Waals surface area (Å²) in [4.78, 5) is 0. The van der Waals surface area contributed by atoms with Gasteiger partial charge in [-0.1, -0.05) is 18.0 Å². The Balaban J connectivity index is 1.95. The Morgan fingerprint density at radius 3 is 2.75 bits per heavy atom. The van der Waals surface area contributed by atoms with E-state index in [9.17, 15) is 0 Å². The molecule has 1 aromatic carbocycles. The van der Waals surface area contributed by atoms with Crippen LogP contribution in [0.1, 0.15) is 24.8 Å². The van der Waals surface area contributed by atoms with Gasteiger partial charge in [-0.25, -0.2) is 0 Å². The number of rotatable bonds is 5. The van der Waals surface area contributed by atoms with E-state index in [0.29, 0.717) is 11.4 Å². The summed E-state index contributed by atoms with van der Waals surface area (Å²) in [6.45, 7) is 0.932. The fraction of sp³-hybridized carbons (Fsp3) is 0.538. The van der Waals surface area contributed by atoms with Crippen molar-refractivity contribution >= 4 is 11.6 Å². The molecule has 1 aliphatic carbocycles. The maximum Gasteiger partial charge on any atom is 0.121 e. The third-order valence-electron chi connectivity index (χ3n) is 3.04. The molecule has 1 saturated carbocycles. The third-order valence-corrected chi connectivity index (χ3v) is 3.26. The van der Waals surface area contributed by atoms with Crippen molar-refractivity contribution in [2.75, 3.05) is 13.2 Å². The first-order valence-electron chi connectivity index (χ1n) is 5.81. The maximum atomic E-state index is 8.88. The number of aliphatic hydroxyl groups is 1. The van der Waals surface area contributed by atoms with Crippen LogP contribution in [0.5, 0.6) is 5.75 Å². The molecule has 1 fully saturated rings. The first-order chi connectivity index (χ1) is 7.78. The fourth-order valence-corrected chi connectivity index (χ4v) is 2.10. The van der Waals surface area contributed by atoms with E-state index in [-0.39, 0.29) is 6.61 Å². The molecular weight excluding hydrogens is 224 g/mol. The molecule has 0 heterocycles. The molecule has 88 valence electrons. The first kappa shape index (κ1) is 11.7. The van der Waals surface area contributed by atoms with Crippen molar-refractivity contribution in [2.45, 2.75) is 25.7 Å². The smallest absolute Gasteiger partial charge is 0.121 e. The predicted octanol–water partition coefficient (Wildman–Crippen LogP) is 3.05. The zero-order valence-corrected chi connectivity index (χ0v) is 10.0. The zero-order valence-electron chi connectivity index (χ0n) is 9.29. The molecule has 0 spiro atoms. The molecule has 0 amide bonds. The molecule has 16 heavy (non-hydrogen) atoms. The Hall–Kier alpha value is -0.730. The average Bonchev–Trinajstić information content (AvgIpc) is 2.14. The minimum Gasteiger partial charge on any atom is -0.493 e. The highest BCUT2D eigenvalue weighted by Gasteiger charge is 2.17. The second-order valence-corrected chi connectivity index (χ2v) is 4.81. The van der Waals surface area contributed by atoms with Crippen LogP contribution in [0.25, 0.3) is 0 Å². The third kappa shape index (κ3) is 3.13. The summed E-state index contributed by atoms with van der Waals surface area (Å²) in [7, 11) is 0. The highest BCUT2D eigenvalue weighted by molar-refractivity contribution is 6.30. The normalized spacial score (nSPS) is 15.9. The van der Waals surface area contributed by atoms with Gasteiger partial charge in [0.1, 0.15) is 5.75 Å². The van der Waals surface area contributed by atoms with Crippen LogP contribution in [0.3, 0.4) is 0 Å². The largest absolute Gasteiger partial charge is 0.493 e. The van der Waals surface area contributed by atoms with Crippen molar-refractivity contribution in [3.05, 3.63) is 28.8 Å². The van der Waals surface area contributed by atoms with Gasteiger partial charge in [-0.05, 0) is 48.9 Å². The van der Waals surface area contributed by atoms with Gasteiger partial charge in [0, 0.05) is 11.6 Å². The SMILES string of the molecule is OCCc1cc(Cl)cc(OCC2CCC2)c1. The molecular formula is C13H17ClO2. The molecule has 0 saturated heterocycles. The number of hydrogen-bond acceptors (Lipinski definition) is 2. The molecule has 0 aliphatic heterocycles. The Kier molecular flexibility index (Phi) is 4.08. The number of ether oxygens (including phenoxy) is 1. The molecule has 0 unspecified atom stereocenters. The van der Waals surface area contributed by atoms with Gasteiger partial charge in [-0.3, -0.25) is 0 Å². The van der Waals surface area contributed by atoms with Crippen LogP contribution in [0.4, 0.5) is 0 Å². The lowest BCUT2D eigenvalue weighted by atomic mass is 9.86. The summed E-state index contributed by atoms with van der Waals surface area (Å²) in [6.07, 6.45) is 4.52. The summed E-state index contributed by atoms with van der Waals surface area (Å²) in [5.41, 5.74) is 1.03. The van der Waals surface area contributed by atoms with Crippen LogP contribution in [-0.4, -0.2) is 18.3 Å². The second-order valence-electron chi connectivity index (χ2n) is 4.38. The molecule has 1 aromatic rings. The fourth-order valence-electron chi connectivity index (χ4n) is 1.85. The summed E-state index contributed by atoms with van der Waals surface area (Å²) in [6, 6.07) is 5.66. The molecule has 2 rings (SSSR count). The Morgan fingerprint density at radius 2 is 2.12 bits per heavy atom. The van der Waals surface area contributed by atoms with Gasteiger partial charge in [-0.2, -0.15) is 0 Å². The predicted molar refractivity (Wildman–Crippen MR) is 65.1 cm³/mol. The van der Waals surface area contributed by atoms with Crippen molar-refractivity contribution in [3.8, 4) is 5.75 Å². The van der Waals surface area contributed by atoms with Crippen molar-refractivity contribution in [2.24, 2.45) is 5.92 Å². The maximum absolute atomic E-state index is 8.88. The second kappa shape index (κ2) is 5.55. The van der Waals surface area contributed by atoms with E-state index in [4.69, 9.17) is 21.4 Å². The standard InChI is InChI=1S/C13H17ClO2/c14-12-6-11(4-5-15)7-13(8-12)16-9-10-2-1-3-10/h6-8,10,15H,1-5,9H2. The van der Waals surface area contributed by atoms with Gasteiger partial charge >= 0.3 is 0 Å². The first-order valence-corrected chi connectivity index (χ1v) is 6.19. The molecule has 1 N–H and O–H groups in total. The summed E-state index contributed by atoms with van der Waals surface area (Å²) >= 11 is 5.99. The van der Waals surface area contributed by atoms with Crippen molar-refractivity contribution < 1.29 is 9.84 Å². The van der Waals surface area contributed by atoms with Crippen molar-refractivity contribution in [1.29, 1.82) is 0 Å². The lowest BCUT2D eigenvalue weighted by Gasteiger charge is -2.25. The Labute approximate surface area is 101 Å². The number of halogens is 1. The van der Waals surface area contributed by atoms with E-state index in [2.05, 4.69) is 0 Å². The molecule has 0 aromatic heterocycles.